The smallest absolute Gasteiger partial charge is 0.242 e. The van der Waals surface area contributed by atoms with Crippen LogP contribution >= 0.6 is 0 Å². The fraction of sp³-hybridized carbons (Fsp3) is 0.769. The molecule has 0 aromatic rings. The Balaban J connectivity index is 2.46. The van der Waals surface area contributed by atoms with Gasteiger partial charge in [-0.25, -0.2) is 0 Å². The molecule has 0 fully saturated rings. The first kappa shape index (κ1) is 13.9. The van der Waals surface area contributed by atoms with Crippen LogP contribution in [0.1, 0.15) is 34.6 Å². The van der Waals surface area contributed by atoms with Crippen molar-refractivity contribution in [1.82, 2.24) is 14.7 Å². The van der Waals surface area contributed by atoms with Crippen molar-refractivity contribution in [1.29, 1.82) is 0 Å². The van der Waals surface area contributed by atoms with Crippen LogP contribution in [0, 0.1) is 0 Å². The normalized spacial score (nSPS) is 15.6. The Morgan fingerprint density at radius 3 is 2.24 bits per heavy atom. The summed E-state index contributed by atoms with van der Waals surface area (Å²) < 4.78 is 0. The van der Waals surface area contributed by atoms with Gasteiger partial charge in [-0.3, -0.25) is 4.79 Å². The zero-order valence-corrected chi connectivity index (χ0v) is 11.7. The van der Waals surface area contributed by atoms with E-state index in [0.717, 1.165) is 19.8 Å². The van der Waals surface area contributed by atoms with Gasteiger partial charge < -0.3 is 14.7 Å². The minimum Gasteiger partial charge on any atom is -0.354 e. The molecule has 1 heterocycles. The van der Waals surface area contributed by atoms with Crippen molar-refractivity contribution >= 4 is 5.91 Å². The van der Waals surface area contributed by atoms with E-state index in [2.05, 4.69) is 36.8 Å². The van der Waals surface area contributed by atoms with Crippen LogP contribution in [-0.4, -0.2) is 52.4 Å². The average molecular weight is 239 g/mol. The van der Waals surface area contributed by atoms with Gasteiger partial charge in [-0.2, -0.15) is 0 Å². The third-order valence-electron chi connectivity index (χ3n) is 3.11. The van der Waals surface area contributed by atoms with E-state index in [-0.39, 0.29) is 11.4 Å². The molecule has 0 spiro atoms. The molecule has 1 aliphatic rings. The molecule has 4 heteroatoms. The fourth-order valence-corrected chi connectivity index (χ4v) is 1.85. The Bertz CT molecular complexity index is 290. The number of rotatable bonds is 4. The SMILES string of the molecule is CCN(CC)C(=O)CN1C=CN(C(C)(C)C)C1. The summed E-state index contributed by atoms with van der Waals surface area (Å²) in [5, 5.41) is 0. The van der Waals surface area contributed by atoms with Gasteiger partial charge in [0.15, 0.2) is 0 Å². The highest BCUT2D eigenvalue weighted by atomic mass is 16.2. The molecular formula is C13H25N3O. The predicted octanol–water partition coefficient (Wildman–Crippen LogP) is 1.70. The third-order valence-corrected chi connectivity index (χ3v) is 3.11. The first-order valence-corrected chi connectivity index (χ1v) is 6.35. The quantitative estimate of drug-likeness (QED) is 0.747. The lowest BCUT2D eigenvalue weighted by molar-refractivity contribution is -0.131. The van der Waals surface area contributed by atoms with Gasteiger partial charge in [0.2, 0.25) is 5.91 Å². The van der Waals surface area contributed by atoms with Gasteiger partial charge in [-0.05, 0) is 34.6 Å². The van der Waals surface area contributed by atoms with Crippen molar-refractivity contribution in [2.45, 2.75) is 40.2 Å². The van der Waals surface area contributed by atoms with Gasteiger partial charge in [0.25, 0.3) is 0 Å². The van der Waals surface area contributed by atoms with E-state index < -0.39 is 0 Å². The van der Waals surface area contributed by atoms with Crippen LogP contribution < -0.4 is 0 Å². The molecule has 98 valence electrons. The molecule has 4 nitrogen and oxygen atoms in total. The molecule has 0 unspecified atom stereocenters. The van der Waals surface area contributed by atoms with Crippen LogP contribution in [0.5, 0.6) is 0 Å². The molecule has 1 amide bonds. The summed E-state index contributed by atoms with van der Waals surface area (Å²) in [5.41, 5.74) is 0.115. The summed E-state index contributed by atoms with van der Waals surface area (Å²) in [6, 6.07) is 0. The Labute approximate surface area is 105 Å². The van der Waals surface area contributed by atoms with Crippen LogP contribution in [0.15, 0.2) is 12.4 Å². The Morgan fingerprint density at radius 1 is 1.24 bits per heavy atom. The molecule has 0 aliphatic carbocycles. The topological polar surface area (TPSA) is 26.8 Å². The van der Waals surface area contributed by atoms with E-state index >= 15 is 0 Å². The number of likely N-dealkylation sites (N-methyl/N-ethyl adjacent to an activating group) is 1. The molecule has 0 N–H and O–H groups in total. The first-order valence-electron chi connectivity index (χ1n) is 6.35. The average Bonchev–Trinajstić information content (AvgIpc) is 2.67. The van der Waals surface area contributed by atoms with Crippen molar-refractivity contribution in [3.05, 3.63) is 12.4 Å². The number of carbonyl (C=O) groups is 1. The molecule has 0 radical (unpaired) electrons. The van der Waals surface area contributed by atoms with Crippen molar-refractivity contribution in [2.24, 2.45) is 0 Å². The monoisotopic (exact) mass is 239 g/mol. The van der Waals surface area contributed by atoms with Crippen molar-refractivity contribution in [3.63, 3.8) is 0 Å². The van der Waals surface area contributed by atoms with Gasteiger partial charge in [0.1, 0.15) is 0 Å². The summed E-state index contributed by atoms with van der Waals surface area (Å²) in [5.74, 6) is 0.204. The van der Waals surface area contributed by atoms with E-state index in [9.17, 15) is 4.79 Å². The summed E-state index contributed by atoms with van der Waals surface area (Å²) in [6.45, 7) is 13.4. The Kier molecular flexibility index (Phi) is 4.43. The summed E-state index contributed by atoms with van der Waals surface area (Å²) in [7, 11) is 0. The first-order chi connectivity index (χ1) is 7.88. The molecule has 0 aromatic heterocycles. The molecule has 1 aliphatic heterocycles. The largest absolute Gasteiger partial charge is 0.354 e. The molecule has 1 rings (SSSR count). The van der Waals surface area contributed by atoms with Gasteiger partial charge in [0.05, 0.1) is 13.2 Å². The van der Waals surface area contributed by atoms with E-state index in [1.165, 1.54) is 0 Å². The molecule has 0 atom stereocenters. The van der Waals surface area contributed by atoms with Crippen LogP contribution in [0.4, 0.5) is 0 Å². The minimum atomic E-state index is 0.115. The molecule has 0 saturated carbocycles. The van der Waals surface area contributed by atoms with Gasteiger partial charge in [-0.1, -0.05) is 0 Å². The highest BCUT2D eigenvalue weighted by molar-refractivity contribution is 5.78. The molecule has 17 heavy (non-hydrogen) atoms. The lowest BCUT2D eigenvalue weighted by Gasteiger charge is -2.33. The zero-order valence-electron chi connectivity index (χ0n) is 11.7. The maximum Gasteiger partial charge on any atom is 0.242 e. The summed E-state index contributed by atoms with van der Waals surface area (Å²) in [4.78, 5) is 18.1. The van der Waals surface area contributed by atoms with Crippen LogP contribution in [-0.2, 0) is 4.79 Å². The Morgan fingerprint density at radius 2 is 1.82 bits per heavy atom. The number of hydrogen-bond donors (Lipinski definition) is 0. The van der Waals surface area contributed by atoms with Gasteiger partial charge >= 0.3 is 0 Å². The highest BCUT2D eigenvalue weighted by Gasteiger charge is 2.24. The van der Waals surface area contributed by atoms with Gasteiger partial charge in [-0.15, -0.1) is 0 Å². The lowest BCUT2D eigenvalue weighted by atomic mass is 10.1. The second-order valence-corrected chi connectivity index (χ2v) is 5.39. The number of amides is 1. The minimum absolute atomic E-state index is 0.115. The van der Waals surface area contributed by atoms with Crippen molar-refractivity contribution in [2.75, 3.05) is 26.3 Å². The lowest BCUT2D eigenvalue weighted by Crippen LogP contribution is -2.43. The Hall–Kier alpha value is -1.19. The molecule has 0 bridgehead atoms. The standard InChI is InChI=1S/C13H25N3O/c1-6-15(7-2)12(17)10-14-8-9-16(11-14)13(3,4)5/h8-9H,6-7,10-11H2,1-5H3. The van der Waals surface area contributed by atoms with E-state index in [1.807, 2.05) is 24.9 Å². The maximum atomic E-state index is 11.9. The van der Waals surface area contributed by atoms with E-state index in [1.54, 1.807) is 0 Å². The van der Waals surface area contributed by atoms with E-state index in [4.69, 9.17) is 0 Å². The zero-order chi connectivity index (χ0) is 13.1. The maximum absolute atomic E-state index is 11.9. The number of hydrogen-bond acceptors (Lipinski definition) is 3. The molecular weight excluding hydrogens is 214 g/mol. The summed E-state index contributed by atoms with van der Waals surface area (Å²) >= 11 is 0. The van der Waals surface area contributed by atoms with Gasteiger partial charge in [0, 0.05) is 31.0 Å². The van der Waals surface area contributed by atoms with Crippen molar-refractivity contribution < 1.29 is 4.79 Å². The summed E-state index contributed by atoms with van der Waals surface area (Å²) in [6.07, 6.45) is 4.07. The number of nitrogens with zero attached hydrogens (tertiary/aromatic N) is 3. The second kappa shape index (κ2) is 5.43. The van der Waals surface area contributed by atoms with Crippen LogP contribution in [0.25, 0.3) is 0 Å². The number of carbonyl (C=O) groups excluding carboxylic acids is 1. The second-order valence-electron chi connectivity index (χ2n) is 5.39. The highest BCUT2D eigenvalue weighted by Crippen LogP contribution is 2.18. The third kappa shape index (κ3) is 3.65. The molecule has 0 aromatic carbocycles. The van der Waals surface area contributed by atoms with Crippen LogP contribution in [0.2, 0.25) is 0 Å². The van der Waals surface area contributed by atoms with Crippen LogP contribution in [0.3, 0.4) is 0 Å². The fourth-order valence-electron chi connectivity index (χ4n) is 1.85. The van der Waals surface area contributed by atoms with Crippen molar-refractivity contribution in [3.8, 4) is 0 Å². The van der Waals surface area contributed by atoms with E-state index in [0.29, 0.717) is 6.54 Å². The molecule has 0 saturated heterocycles. The predicted molar refractivity (Wildman–Crippen MR) is 70.2 cm³/mol.